The second-order valence-electron chi connectivity index (χ2n) is 9.99. The maximum atomic E-state index is 13.2. The number of carbonyl (C=O) groups excluding carboxylic acids is 1. The van der Waals surface area contributed by atoms with Gasteiger partial charge in [-0.15, -0.1) is 0 Å². The van der Waals surface area contributed by atoms with Crippen molar-refractivity contribution in [1.29, 1.82) is 0 Å². The van der Waals surface area contributed by atoms with E-state index in [0.29, 0.717) is 49.3 Å². The topological polar surface area (TPSA) is 123 Å². The molecule has 0 bridgehead atoms. The van der Waals surface area contributed by atoms with Gasteiger partial charge in [-0.3, -0.25) is 9.59 Å². The van der Waals surface area contributed by atoms with Crippen molar-refractivity contribution in [3.05, 3.63) is 134 Å². The number of halogens is 1. The lowest BCUT2D eigenvalue weighted by atomic mass is 9.92. The van der Waals surface area contributed by atoms with Gasteiger partial charge in [0.25, 0.3) is 5.56 Å². The molecule has 2 heterocycles. The normalized spacial score (nSPS) is 11.9. The molecule has 0 aliphatic carbocycles. The van der Waals surface area contributed by atoms with Crippen LogP contribution in [0.5, 0.6) is 5.75 Å². The Labute approximate surface area is 249 Å². The van der Waals surface area contributed by atoms with E-state index in [2.05, 4.69) is 4.98 Å². The minimum atomic E-state index is -1.08. The van der Waals surface area contributed by atoms with E-state index < -0.39 is 17.7 Å². The first kappa shape index (κ1) is 27.8. The molecule has 9 heteroatoms. The Kier molecular flexibility index (Phi) is 7.21. The highest BCUT2D eigenvalue weighted by molar-refractivity contribution is 6.34. The quantitative estimate of drug-likeness (QED) is 0.198. The number of nitrogens with one attached hydrogen (secondary N) is 1. The number of aromatic amines is 1. The Morgan fingerprint density at radius 2 is 1.56 bits per heavy atom. The van der Waals surface area contributed by atoms with Gasteiger partial charge >= 0.3 is 11.8 Å². The first-order chi connectivity index (χ1) is 20.7. The summed E-state index contributed by atoms with van der Waals surface area (Å²) in [4.78, 5) is 40.6. The maximum absolute atomic E-state index is 13.2. The molecular formula is C34H24ClNO7. The number of ether oxygens (including phenoxy) is 1. The Morgan fingerprint density at radius 3 is 2.26 bits per heavy atom. The number of carbonyl (C=O) groups is 1. The number of hydrogen-bond acceptors (Lipinski definition) is 7. The van der Waals surface area contributed by atoms with Gasteiger partial charge in [0.2, 0.25) is 0 Å². The molecule has 0 saturated heterocycles. The van der Waals surface area contributed by atoms with Crippen LogP contribution in [0.25, 0.3) is 44.3 Å². The zero-order chi connectivity index (χ0) is 30.2. The van der Waals surface area contributed by atoms with Gasteiger partial charge in [-0.2, -0.15) is 0 Å². The van der Waals surface area contributed by atoms with Crippen LogP contribution in [0.4, 0.5) is 0 Å². The van der Waals surface area contributed by atoms with Crippen LogP contribution < -0.4 is 11.4 Å². The molecule has 2 aromatic heterocycles. The monoisotopic (exact) mass is 593 g/mol. The minimum Gasteiger partial charge on any atom is -0.507 e. The molecule has 0 aliphatic heterocycles. The van der Waals surface area contributed by atoms with Gasteiger partial charge in [-0.25, -0.2) is 4.79 Å². The third kappa shape index (κ3) is 5.24. The molecule has 4 aromatic carbocycles. The number of methoxy groups -OCH3 is 1. The van der Waals surface area contributed by atoms with Gasteiger partial charge in [-0.05, 0) is 64.9 Å². The van der Waals surface area contributed by atoms with Crippen LogP contribution >= 0.6 is 11.6 Å². The highest BCUT2D eigenvalue weighted by Gasteiger charge is 2.31. The van der Waals surface area contributed by atoms with Crippen LogP contribution in [-0.4, -0.2) is 23.2 Å². The number of aryl methyl sites for hydroxylation is 1. The molecule has 6 aromatic rings. The van der Waals surface area contributed by atoms with E-state index in [4.69, 9.17) is 25.2 Å². The van der Waals surface area contributed by atoms with E-state index in [9.17, 15) is 19.5 Å². The summed E-state index contributed by atoms with van der Waals surface area (Å²) in [6.07, 6.45) is 0. The number of aromatic hydroxyl groups is 1. The van der Waals surface area contributed by atoms with Crippen LogP contribution in [-0.2, 0) is 9.53 Å². The summed E-state index contributed by atoms with van der Waals surface area (Å²) in [5, 5.41) is 11.9. The lowest BCUT2D eigenvalue weighted by Crippen LogP contribution is -2.16. The molecule has 8 nitrogen and oxygen atoms in total. The molecule has 0 saturated carbocycles. The number of rotatable bonds is 6. The predicted octanol–water partition coefficient (Wildman–Crippen LogP) is 7.05. The number of phenols is 1. The zero-order valence-corrected chi connectivity index (χ0v) is 23.8. The highest BCUT2D eigenvalue weighted by Crippen LogP contribution is 2.38. The summed E-state index contributed by atoms with van der Waals surface area (Å²) in [5.74, 6) is -2.36. The number of hydrogen-bond donors (Lipinski definition) is 2. The van der Waals surface area contributed by atoms with Gasteiger partial charge in [0.15, 0.2) is 5.76 Å². The van der Waals surface area contributed by atoms with Gasteiger partial charge in [-0.1, -0.05) is 72.3 Å². The summed E-state index contributed by atoms with van der Waals surface area (Å²) >= 11 is 6.64. The Bertz CT molecular complexity index is 2130. The van der Waals surface area contributed by atoms with Crippen molar-refractivity contribution in [3.8, 4) is 39.1 Å². The lowest BCUT2D eigenvalue weighted by Gasteiger charge is -2.14. The number of esters is 1. The molecule has 0 aliphatic rings. The SMILES string of the molecule is COC(=O)C(c1cccc(-c2cc3cc(-c4ccc(-c5ccccc5)c(O)c4)c(Cl)cc3[nH]c2=O)c1)c1oc(=O)oc1C. The van der Waals surface area contributed by atoms with Crippen LogP contribution in [0.15, 0.2) is 109 Å². The van der Waals surface area contributed by atoms with Gasteiger partial charge in [0.05, 0.1) is 12.1 Å². The third-order valence-electron chi connectivity index (χ3n) is 7.33. The predicted molar refractivity (Wildman–Crippen MR) is 163 cm³/mol. The first-order valence-electron chi connectivity index (χ1n) is 13.3. The van der Waals surface area contributed by atoms with Crippen molar-refractivity contribution < 1.29 is 23.5 Å². The number of fused-ring (bicyclic) bond motifs is 1. The fraction of sp³-hybridized carbons (Fsp3) is 0.0882. The van der Waals surface area contributed by atoms with E-state index in [-0.39, 0.29) is 22.8 Å². The van der Waals surface area contributed by atoms with Crippen molar-refractivity contribution in [2.24, 2.45) is 0 Å². The lowest BCUT2D eigenvalue weighted by molar-refractivity contribution is -0.141. The van der Waals surface area contributed by atoms with E-state index in [0.717, 1.165) is 5.56 Å². The van der Waals surface area contributed by atoms with Crippen LogP contribution in [0.1, 0.15) is 23.0 Å². The first-order valence-corrected chi connectivity index (χ1v) is 13.6. The molecule has 43 heavy (non-hydrogen) atoms. The van der Waals surface area contributed by atoms with Crippen molar-refractivity contribution in [2.75, 3.05) is 7.11 Å². The van der Waals surface area contributed by atoms with Gasteiger partial charge in [0, 0.05) is 22.2 Å². The fourth-order valence-corrected chi connectivity index (χ4v) is 5.52. The fourth-order valence-electron chi connectivity index (χ4n) is 5.24. The van der Waals surface area contributed by atoms with Crippen molar-refractivity contribution in [3.63, 3.8) is 0 Å². The summed E-state index contributed by atoms with van der Waals surface area (Å²) in [7, 11) is 1.23. The molecule has 0 fully saturated rings. The van der Waals surface area contributed by atoms with Crippen LogP contribution in [0, 0.1) is 6.92 Å². The highest BCUT2D eigenvalue weighted by atomic mass is 35.5. The van der Waals surface area contributed by atoms with E-state index in [1.807, 2.05) is 48.5 Å². The molecule has 1 unspecified atom stereocenters. The number of phenolic OH excluding ortho intramolecular Hbond substituents is 1. The molecule has 6 rings (SSSR count). The Hall–Kier alpha value is -5.34. The van der Waals surface area contributed by atoms with E-state index in [1.165, 1.54) is 14.0 Å². The number of pyridine rings is 1. The second-order valence-corrected chi connectivity index (χ2v) is 10.4. The molecule has 0 amide bonds. The Morgan fingerprint density at radius 1 is 0.837 bits per heavy atom. The molecule has 0 spiro atoms. The van der Waals surface area contributed by atoms with Crippen LogP contribution in [0.3, 0.4) is 0 Å². The summed E-state index contributed by atoms with van der Waals surface area (Å²) in [6.45, 7) is 1.52. The van der Waals surface area contributed by atoms with Crippen molar-refractivity contribution in [2.45, 2.75) is 12.8 Å². The number of H-pyrrole nitrogens is 1. The zero-order valence-electron chi connectivity index (χ0n) is 23.0. The third-order valence-corrected chi connectivity index (χ3v) is 7.64. The van der Waals surface area contributed by atoms with E-state index in [1.54, 1.807) is 42.5 Å². The molecule has 2 N–H and O–H groups in total. The number of aromatic nitrogens is 1. The van der Waals surface area contributed by atoms with Gasteiger partial charge < -0.3 is 23.7 Å². The van der Waals surface area contributed by atoms with Crippen molar-refractivity contribution in [1.82, 2.24) is 4.98 Å². The van der Waals surface area contributed by atoms with Crippen molar-refractivity contribution >= 4 is 28.5 Å². The number of benzene rings is 4. The molecule has 0 radical (unpaired) electrons. The summed E-state index contributed by atoms with van der Waals surface area (Å²) in [5.41, 5.74) is 4.46. The van der Waals surface area contributed by atoms with E-state index >= 15 is 0 Å². The van der Waals surface area contributed by atoms with Crippen LogP contribution in [0.2, 0.25) is 5.02 Å². The second kappa shape index (κ2) is 11.2. The smallest absolute Gasteiger partial charge is 0.507 e. The standard InChI is InChI=1S/C34H24ClNO7/c1-18-31(43-34(40)42-18)30(33(39)41-2)22-10-6-9-20(13-22)26-15-23-14-25(27(35)17-28(23)36-32(26)38)21-11-12-24(29(37)16-21)19-7-4-3-5-8-19/h3-17,30,37H,1-2H3,(H,36,38). The molecule has 214 valence electrons. The average molecular weight is 594 g/mol. The summed E-state index contributed by atoms with van der Waals surface area (Å²) in [6, 6.07) is 27.0. The largest absolute Gasteiger partial charge is 0.519 e. The van der Waals surface area contributed by atoms with Gasteiger partial charge in [0.1, 0.15) is 17.4 Å². The average Bonchev–Trinajstić information content (AvgIpc) is 3.33. The molecule has 1 atom stereocenters. The Balaban J connectivity index is 1.43. The molecular weight excluding hydrogens is 570 g/mol. The maximum Gasteiger partial charge on any atom is 0.519 e. The summed E-state index contributed by atoms with van der Waals surface area (Å²) < 4.78 is 15.1. The minimum absolute atomic E-state index is 0.0299.